The van der Waals surface area contributed by atoms with Crippen molar-refractivity contribution in [2.24, 2.45) is 34.4 Å². The summed E-state index contributed by atoms with van der Waals surface area (Å²) in [7, 11) is 0. The van der Waals surface area contributed by atoms with E-state index in [2.05, 4.69) is 0 Å². The third-order valence-corrected chi connectivity index (χ3v) is 8.37. The third kappa shape index (κ3) is 6.60. The van der Waals surface area contributed by atoms with Crippen molar-refractivity contribution in [1.29, 1.82) is 0 Å². The maximum absolute atomic E-state index is 11.1. The van der Waals surface area contributed by atoms with Crippen LogP contribution in [0.1, 0.15) is 6.42 Å². The summed E-state index contributed by atoms with van der Waals surface area (Å²) >= 11 is 0. The highest BCUT2D eigenvalue weighted by molar-refractivity contribution is 5.02. The molecule has 0 bridgehead atoms. The van der Waals surface area contributed by atoms with Crippen molar-refractivity contribution in [3.8, 4) is 0 Å². The summed E-state index contributed by atoms with van der Waals surface area (Å²) < 4.78 is 34.6. The van der Waals surface area contributed by atoms with Crippen LogP contribution in [0.4, 0.5) is 0 Å². The Morgan fingerprint density at radius 1 is 0.524 bits per heavy atom. The van der Waals surface area contributed by atoms with Gasteiger partial charge in [0.2, 0.25) is 0 Å². The first-order chi connectivity index (χ1) is 19.8. The largest absolute Gasteiger partial charge is 0.394 e. The van der Waals surface area contributed by atoms with Crippen LogP contribution in [0.25, 0.3) is 0 Å². The first kappa shape index (κ1) is 34.1. The van der Waals surface area contributed by atoms with Crippen molar-refractivity contribution in [2.45, 2.75) is 123 Å². The van der Waals surface area contributed by atoms with Crippen molar-refractivity contribution < 1.29 is 64.2 Å². The number of aliphatic hydroxyl groups is 7. The van der Waals surface area contributed by atoms with E-state index < -0.39 is 123 Å². The lowest BCUT2D eigenvalue weighted by atomic mass is 9.84. The van der Waals surface area contributed by atoms with Gasteiger partial charge in [0, 0.05) is 25.2 Å². The Balaban J connectivity index is 1.50. The molecule has 0 spiro atoms. The number of hydrogen-bond donors (Lipinski definition) is 13. The molecule has 0 aromatic rings. The number of rotatable bonds is 9. The van der Waals surface area contributed by atoms with E-state index in [0.29, 0.717) is 0 Å². The van der Waals surface area contributed by atoms with Gasteiger partial charge in [-0.3, -0.25) is 0 Å². The molecule has 0 amide bonds. The average Bonchev–Trinajstić information content (AvgIpc) is 3.27. The monoisotopic (exact) mass is 614 g/mol. The molecule has 3 heterocycles. The Hall–Kier alpha value is -0.760. The Kier molecular flexibility index (Phi) is 11.5. The number of nitrogens with two attached hydrogens (primary N) is 6. The van der Waals surface area contributed by atoms with E-state index in [1.165, 1.54) is 0 Å². The van der Waals surface area contributed by atoms with Crippen molar-refractivity contribution >= 4 is 0 Å². The predicted octanol–water partition coefficient (Wildman–Crippen LogP) is -8.90. The second-order valence-corrected chi connectivity index (χ2v) is 11.2. The molecular formula is C23H46N6O13. The average molecular weight is 615 g/mol. The summed E-state index contributed by atoms with van der Waals surface area (Å²) in [4.78, 5) is 0. The summed E-state index contributed by atoms with van der Waals surface area (Å²) in [5.74, 6) is 0. The quantitative estimate of drug-likeness (QED) is 0.115. The zero-order valence-electron chi connectivity index (χ0n) is 22.8. The normalized spacial score (nSPS) is 53.8. The van der Waals surface area contributed by atoms with Gasteiger partial charge in [0.25, 0.3) is 0 Å². The van der Waals surface area contributed by atoms with Gasteiger partial charge in [-0.05, 0) is 6.42 Å². The second-order valence-electron chi connectivity index (χ2n) is 11.2. The van der Waals surface area contributed by atoms with E-state index in [9.17, 15) is 35.7 Å². The van der Waals surface area contributed by atoms with E-state index in [1.54, 1.807) is 0 Å². The molecule has 0 unspecified atom stereocenters. The molecule has 3 saturated heterocycles. The fourth-order valence-electron chi connectivity index (χ4n) is 5.74. The summed E-state index contributed by atoms with van der Waals surface area (Å²) in [5.41, 5.74) is 35.6. The maximum atomic E-state index is 11.1. The first-order valence-electron chi connectivity index (χ1n) is 13.9. The van der Waals surface area contributed by atoms with Crippen LogP contribution >= 0.6 is 0 Å². The molecule has 19 atom stereocenters. The van der Waals surface area contributed by atoms with Crippen LogP contribution in [0.15, 0.2) is 0 Å². The fourth-order valence-corrected chi connectivity index (χ4v) is 5.74. The standard InChI is InChI=1S/C23H46N6O13/c24-2-7-13(32)15(34)10(28)21(37-7)40-18-6(27)1-5(26)12(31)20(18)42-23-17(36)19(9(4-30)39-23)41-22-11(29)16(35)14(33)8(3-25)38-22/h5-23,30-36H,1-4,24-29H2/t5-,6+,7-,8+,9-,10-,11+,12+,13-,14-,15-,16-,17-,18-,19-,20-,21-,22-,23+/m1/s1. The molecule has 4 aliphatic rings. The zero-order valence-corrected chi connectivity index (χ0v) is 22.8. The lowest BCUT2D eigenvalue weighted by Gasteiger charge is -2.47. The number of hydrogen-bond acceptors (Lipinski definition) is 19. The Morgan fingerprint density at radius 2 is 0.976 bits per heavy atom. The third-order valence-electron chi connectivity index (χ3n) is 8.37. The highest BCUT2D eigenvalue weighted by Gasteiger charge is 2.54. The maximum Gasteiger partial charge on any atom is 0.187 e. The first-order valence-corrected chi connectivity index (χ1v) is 13.9. The van der Waals surface area contributed by atoms with Gasteiger partial charge >= 0.3 is 0 Å². The molecule has 0 radical (unpaired) electrons. The minimum atomic E-state index is -1.60. The minimum absolute atomic E-state index is 0.0889. The molecule has 0 aromatic carbocycles. The van der Waals surface area contributed by atoms with Crippen molar-refractivity contribution in [3.05, 3.63) is 0 Å². The molecule has 19 N–H and O–H groups in total. The molecular weight excluding hydrogens is 568 g/mol. The molecule has 4 rings (SSSR count). The van der Waals surface area contributed by atoms with Crippen molar-refractivity contribution in [1.82, 2.24) is 0 Å². The molecule has 4 fully saturated rings. The van der Waals surface area contributed by atoms with E-state index in [4.69, 9.17) is 62.8 Å². The van der Waals surface area contributed by atoms with Gasteiger partial charge in [0.05, 0.1) is 24.8 Å². The van der Waals surface area contributed by atoms with Gasteiger partial charge in [-0.25, -0.2) is 0 Å². The Morgan fingerprint density at radius 3 is 1.45 bits per heavy atom. The van der Waals surface area contributed by atoms with Crippen LogP contribution in [0.2, 0.25) is 0 Å². The minimum Gasteiger partial charge on any atom is -0.394 e. The van der Waals surface area contributed by atoms with Crippen LogP contribution < -0.4 is 34.4 Å². The van der Waals surface area contributed by atoms with Crippen LogP contribution in [0.3, 0.4) is 0 Å². The highest BCUT2D eigenvalue weighted by Crippen LogP contribution is 2.34. The van der Waals surface area contributed by atoms with Gasteiger partial charge in [-0.1, -0.05) is 0 Å². The summed E-state index contributed by atoms with van der Waals surface area (Å²) in [6, 6.07) is -4.18. The lowest BCUT2D eigenvalue weighted by Crippen LogP contribution is -2.68. The zero-order chi connectivity index (χ0) is 31.0. The van der Waals surface area contributed by atoms with Crippen molar-refractivity contribution in [3.63, 3.8) is 0 Å². The molecule has 246 valence electrons. The van der Waals surface area contributed by atoms with Crippen LogP contribution in [0.5, 0.6) is 0 Å². The van der Waals surface area contributed by atoms with Gasteiger partial charge in [0.1, 0.15) is 67.1 Å². The van der Waals surface area contributed by atoms with Gasteiger partial charge in [-0.15, -0.1) is 0 Å². The summed E-state index contributed by atoms with van der Waals surface area (Å²) in [5, 5.41) is 73.0. The van der Waals surface area contributed by atoms with Gasteiger partial charge < -0.3 is 98.6 Å². The molecule has 1 saturated carbocycles. The van der Waals surface area contributed by atoms with Crippen LogP contribution in [-0.2, 0) is 28.4 Å². The molecule has 3 aliphatic heterocycles. The SMILES string of the molecule is NC[C@@H]1O[C@H](O[C@H]2[C@@H](O)[C@H](O[C@@H]3[C@@H](O)[C@H](N)C[C@H](N)[C@H]3O[C@H]3O[C@H](CN)[C@@H](O)[C@H](O)[C@H]3N)O[C@@H]2CO)[C@@H](N)[C@@H](O)[C@@H]1O. The Bertz CT molecular complexity index is 868. The van der Waals surface area contributed by atoms with Crippen LogP contribution in [-0.4, -0.2) is 172 Å². The van der Waals surface area contributed by atoms with Gasteiger partial charge in [-0.2, -0.15) is 0 Å². The molecule has 1 aliphatic carbocycles. The topological polar surface area (TPSA) is 353 Å². The Labute approximate surface area is 241 Å². The van der Waals surface area contributed by atoms with Gasteiger partial charge in [0.15, 0.2) is 18.9 Å². The lowest BCUT2D eigenvalue weighted by molar-refractivity contribution is -0.306. The van der Waals surface area contributed by atoms with E-state index in [1.807, 2.05) is 0 Å². The molecule has 0 aromatic heterocycles. The molecule has 19 nitrogen and oxygen atoms in total. The van der Waals surface area contributed by atoms with Crippen molar-refractivity contribution in [2.75, 3.05) is 19.7 Å². The number of aliphatic hydroxyl groups excluding tert-OH is 7. The van der Waals surface area contributed by atoms with E-state index in [-0.39, 0.29) is 19.5 Å². The van der Waals surface area contributed by atoms with E-state index in [0.717, 1.165) is 0 Å². The molecule has 42 heavy (non-hydrogen) atoms. The van der Waals surface area contributed by atoms with E-state index >= 15 is 0 Å². The highest BCUT2D eigenvalue weighted by atomic mass is 16.8. The molecule has 19 heteroatoms. The fraction of sp³-hybridized carbons (Fsp3) is 1.00. The summed E-state index contributed by atoms with van der Waals surface area (Å²) in [6.07, 6.45) is -19.8. The smallest absolute Gasteiger partial charge is 0.187 e. The number of ether oxygens (including phenoxy) is 6. The second kappa shape index (κ2) is 14.1. The summed E-state index contributed by atoms with van der Waals surface area (Å²) in [6.45, 7) is -0.967. The van der Waals surface area contributed by atoms with Crippen LogP contribution in [0, 0.1) is 0 Å². The predicted molar refractivity (Wildman–Crippen MR) is 138 cm³/mol.